The second-order valence-electron chi connectivity index (χ2n) is 6.38. The summed E-state index contributed by atoms with van der Waals surface area (Å²) in [5, 5.41) is 15.4. The van der Waals surface area contributed by atoms with Crippen LogP contribution in [0.4, 0.5) is 5.82 Å². The number of hydrogen-bond acceptors (Lipinski definition) is 3. The van der Waals surface area contributed by atoms with Crippen molar-refractivity contribution in [2.24, 2.45) is 5.92 Å². The number of aliphatic hydroxyl groups is 1. The summed E-state index contributed by atoms with van der Waals surface area (Å²) < 4.78 is 0. The monoisotopic (exact) mass is 286 g/mol. The molecule has 4 nitrogen and oxygen atoms in total. The van der Waals surface area contributed by atoms with E-state index in [0.29, 0.717) is 23.7 Å². The second-order valence-corrected chi connectivity index (χ2v) is 6.38. The highest BCUT2D eigenvalue weighted by atomic mass is 16.3. The number of rotatable bonds is 3. The molecule has 1 saturated carbocycles. The molecule has 1 fully saturated rings. The van der Waals surface area contributed by atoms with Gasteiger partial charge in [0.25, 0.3) is 5.56 Å². The van der Waals surface area contributed by atoms with Crippen LogP contribution in [0.3, 0.4) is 0 Å². The molecule has 0 radical (unpaired) electrons. The van der Waals surface area contributed by atoms with Gasteiger partial charge in [-0.3, -0.25) is 4.79 Å². The number of H-pyrrole nitrogens is 1. The molecule has 1 heterocycles. The van der Waals surface area contributed by atoms with Crippen LogP contribution >= 0.6 is 0 Å². The minimum absolute atomic E-state index is 0.0976. The third-order valence-corrected chi connectivity index (χ3v) is 4.43. The van der Waals surface area contributed by atoms with Gasteiger partial charge < -0.3 is 15.4 Å². The summed E-state index contributed by atoms with van der Waals surface area (Å²) in [6.45, 7) is 2.66. The van der Waals surface area contributed by atoms with Gasteiger partial charge in [0.1, 0.15) is 5.82 Å². The number of nitrogens with one attached hydrogen (secondary N) is 2. The van der Waals surface area contributed by atoms with Gasteiger partial charge in [-0.2, -0.15) is 0 Å². The fraction of sp³-hybridized carbons (Fsp3) is 0.471. The molecule has 2 unspecified atom stereocenters. The second kappa shape index (κ2) is 5.53. The van der Waals surface area contributed by atoms with Crippen molar-refractivity contribution < 1.29 is 5.11 Å². The topological polar surface area (TPSA) is 65.1 Å². The molecule has 4 heteroatoms. The van der Waals surface area contributed by atoms with Crippen molar-refractivity contribution in [3.8, 4) is 0 Å². The van der Waals surface area contributed by atoms with Crippen LogP contribution in [-0.2, 0) is 0 Å². The molecular weight excluding hydrogens is 264 g/mol. The van der Waals surface area contributed by atoms with Crippen LogP contribution in [0.2, 0.25) is 0 Å². The van der Waals surface area contributed by atoms with Gasteiger partial charge in [-0.25, -0.2) is 0 Å². The molecule has 1 aromatic carbocycles. The standard InChI is InChI=1S/C17H22N2O2/c1-12-5-4-8-17(21,10-12)11-18-15-9-13-6-2-3-7-14(13)16(20)19-15/h2-3,6-7,9,12,21H,4-5,8,10-11H2,1H3,(H2,18,19,20). The molecular formula is C17H22N2O2. The average molecular weight is 286 g/mol. The van der Waals surface area contributed by atoms with Gasteiger partial charge in [0.05, 0.1) is 5.60 Å². The molecule has 0 bridgehead atoms. The highest BCUT2D eigenvalue weighted by Crippen LogP contribution is 2.32. The van der Waals surface area contributed by atoms with E-state index in [1.165, 1.54) is 6.42 Å². The van der Waals surface area contributed by atoms with Crippen LogP contribution in [0.1, 0.15) is 32.6 Å². The Morgan fingerprint density at radius 2 is 2.24 bits per heavy atom. The summed E-state index contributed by atoms with van der Waals surface area (Å²) in [5.41, 5.74) is -0.764. The number of pyridine rings is 1. The molecule has 1 aromatic heterocycles. The predicted octanol–water partition coefficient (Wildman–Crippen LogP) is 2.88. The lowest BCUT2D eigenvalue weighted by molar-refractivity contribution is -0.000826. The molecule has 0 aliphatic heterocycles. The first-order chi connectivity index (χ1) is 10.1. The number of anilines is 1. The minimum atomic E-state index is -0.666. The summed E-state index contributed by atoms with van der Waals surface area (Å²) >= 11 is 0. The van der Waals surface area contributed by atoms with E-state index in [2.05, 4.69) is 17.2 Å². The molecule has 0 amide bonds. The van der Waals surface area contributed by atoms with Crippen LogP contribution in [0.5, 0.6) is 0 Å². The van der Waals surface area contributed by atoms with E-state index < -0.39 is 5.60 Å². The molecule has 112 valence electrons. The van der Waals surface area contributed by atoms with Crippen LogP contribution in [0.25, 0.3) is 10.8 Å². The lowest BCUT2D eigenvalue weighted by Gasteiger charge is -2.35. The van der Waals surface area contributed by atoms with Crippen LogP contribution in [0.15, 0.2) is 35.1 Å². The number of aromatic nitrogens is 1. The predicted molar refractivity (Wildman–Crippen MR) is 85.6 cm³/mol. The van der Waals surface area contributed by atoms with E-state index in [0.717, 1.165) is 24.6 Å². The van der Waals surface area contributed by atoms with Crippen molar-refractivity contribution in [2.45, 2.75) is 38.2 Å². The number of hydrogen-bond donors (Lipinski definition) is 3. The van der Waals surface area contributed by atoms with Gasteiger partial charge in [-0.1, -0.05) is 38.0 Å². The number of fused-ring (bicyclic) bond motifs is 1. The Bertz CT molecular complexity index is 694. The van der Waals surface area contributed by atoms with Crippen molar-refractivity contribution in [2.75, 3.05) is 11.9 Å². The Morgan fingerprint density at radius 3 is 3.05 bits per heavy atom. The Balaban J connectivity index is 1.78. The third kappa shape index (κ3) is 3.10. The van der Waals surface area contributed by atoms with Gasteiger partial charge in [0.15, 0.2) is 0 Å². The molecule has 2 aromatic rings. The number of aromatic amines is 1. The normalized spacial score (nSPS) is 25.9. The summed E-state index contributed by atoms with van der Waals surface area (Å²) in [6.07, 6.45) is 3.89. The van der Waals surface area contributed by atoms with Crippen molar-refractivity contribution in [1.29, 1.82) is 0 Å². The van der Waals surface area contributed by atoms with Crippen molar-refractivity contribution in [3.05, 3.63) is 40.7 Å². The van der Waals surface area contributed by atoms with Crippen molar-refractivity contribution >= 4 is 16.6 Å². The Hall–Kier alpha value is -1.81. The van der Waals surface area contributed by atoms with Crippen LogP contribution < -0.4 is 10.9 Å². The minimum Gasteiger partial charge on any atom is -0.388 e. The maximum atomic E-state index is 12.0. The highest BCUT2D eigenvalue weighted by Gasteiger charge is 2.32. The lowest BCUT2D eigenvalue weighted by atomic mass is 9.79. The van der Waals surface area contributed by atoms with Gasteiger partial charge in [0, 0.05) is 11.9 Å². The van der Waals surface area contributed by atoms with E-state index >= 15 is 0 Å². The Morgan fingerprint density at radius 1 is 1.43 bits per heavy atom. The average Bonchev–Trinajstić information content (AvgIpc) is 2.45. The fourth-order valence-corrected chi connectivity index (χ4v) is 3.36. The Labute approximate surface area is 124 Å². The van der Waals surface area contributed by atoms with E-state index in [4.69, 9.17) is 0 Å². The first kappa shape index (κ1) is 14.1. The summed E-state index contributed by atoms with van der Waals surface area (Å²) in [6, 6.07) is 9.44. The molecule has 3 rings (SSSR count). The van der Waals surface area contributed by atoms with E-state index in [1.807, 2.05) is 30.3 Å². The third-order valence-electron chi connectivity index (χ3n) is 4.43. The highest BCUT2D eigenvalue weighted by molar-refractivity contribution is 5.83. The molecule has 1 aliphatic rings. The largest absolute Gasteiger partial charge is 0.388 e. The first-order valence-corrected chi connectivity index (χ1v) is 7.64. The summed E-state index contributed by atoms with van der Waals surface area (Å²) in [4.78, 5) is 14.9. The summed E-state index contributed by atoms with van der Waals surface area (Å²) in [7, 11) is 0. The molecule has 0 saturated heterocycles. The molecule has 1 aliphatic carbocycles. The van der Waals surface area contributed by atoms with Gasteiger partial charge in [0.2, 0.25) is 0 Å². The number of benzene rings is 1. The Kier molecular flexibility index (Phi) is 3.72. The van der Waals surface area contributed by atoms with Crippen molar-refractivity contribution in [1.82, 2.24) is 4.98 Å². The molecule has 21 heavy (non-hydrogen) atoms. The van der Waals surface area contributed by atoms with Gasteiger partial charge >= 0.3 is 0 Å². The van der Waals surface area contributed by atoms with E-state index in [-0.39, 0.29) is 5.56 Å². The zero-order valence-electron chi connectivity index (χ0n) is 12.4. The van der Waals surface area contributed by atoms with E-state index in [1.54, 1.807) is 0 Å². The molecule has 3 N–H and O–H groups in total. The maximum absolute atomic E-state index is 12.0. The first-order valence-electron chi connectivity index (χ1n) is 7.64. The van der Waals surface area contributed by atoms with Crippen LogP contribution in [0, 0.1) is 5.92 Å². The zero-order valence-corrected chi connectivity index (χ0v) is 12.4. The SMILES string of the molecule is CC1CCCC(O)(CNc2cc3ccccc3c(=O)[nH]2)C1. The summed E-state index contributed by atoms with van der Waals surface area (Å²) in [5.74, 6) is 1.23. The van der Waals surface area contributed by atoms with Gasteiger partial charge in [-0.15, -0.1) is 0 Å². The maximum Gasteiger partial charge on any atom is 0.257 e. The van der Waals surface area contributed by atoms with Crippen molar-refractivity contribution in [3.63, 3.8) is 0 Å². The quantitative estimate of drug-likeness (QED) is 0.813. The lowest BCUT2D eigenvalue weighted by Crippen LogP contribution is -2.41. The van der Waals surface area contributed by atoms with Gasteiger partial charge in [-0.05, 0) is 36.3 Å². The molecule has 2 atom stereocenters. The smallest absolute Gasteiger partial charge is 0.257 e. The van der Waals surface area contributed by atoms with Crippen LogP contribution in [-0.4, -0.2) is 22.2 Å². The van der Waals surface area contributed by atoms with E-state index in [9.17, 15) is 9.90 Å². The fourth-order valence-electron chi connectivity index (χ4n) is 3.36. The zero-order chi connectivity index (χ0) is 14.9. The molecule has 0 spiro atoms.